The number of hydrogen-bond acceptors (Lipinski definition) is 4. The van der Waals surface area contributed by atoms with Gasteiger partial charge in [0.25, 0.3) is 5.91 Å². The summed E-state index contributed by atoms with van der Waals surface area (Å²) in [5.74, 6) is 1.04. The van der Waals surface area contributed by atoms with Gasteiger partial charge in [-0.25, -0.2) is 0 Å². The summed E-state index contributed by atoms with van der Waals surface area (Å²) in [6, 6.07) is 0. The number of allylic oxidation sites excluding steroid dienone is 1. The number of aliphatic imine (C=N–C) groups is 1. The van der Waals surface area contributed by atoms with E-state index in [2.05, 4.69) is 30.2 Å². The van der Waals surface area contributed by atoms with Gasteiger partial charge in [0.15, 0.2) is 0 Å². The Labute approximate surface area is 220 Å². The van der Waals surface area contributed by atoms with E-state index in [1.165, 1.54) is 5.57 Å². The van der Waals surface area contributed by atoms with E-state index in [1.807, 2.05) is 13.8 Å². The molecule has 0 aromatic carbocycles. The Morgan fingerprint density at radius 1 is 1.16 bits per heavy atom. The number of carbonyl (C=O) groups is 1. The van der Waals surface area contributed by atoms with Crippen molar-refractivity contribution < 1.29 is 23.1 Å². The summed E-state index contributed by atoms with van der Waals surface area (Å²) in [5.41, 5.74) is 2.55. The fraction of sp³-hybridized carbons (Fsp3) is 0.862. The molecule has 3 fully saturated rings. The molecule has 0 saturated heterocycles. The molecule has 0 heterocycles. The summed E-state index contributed by atoms with van der Waals surface area (Å²) in [7, 11) is 0. The fourth-order valence-electron chi connectivity index (χ4n) is 8.60. The van der Waals surface area contributed by atoms with E-state index in [1.54, 1.807) is 0 Å². The smallest absolute Gasteiger partial charge is 0.393 e. The van der Waals surface area contributed by atoms with Gasteiger partial charge in [-0.15, -0.1) is 13.2 Å². The number of nitrogens with one attached hydrogen (secondary N) is 1. The quantitative estimate of drug-likeness (QED) is 0.184. The summed E-state index contributed by atoms with van der Waals surface area (Å²) in [5, 5.41) is 13.2. The number of fused-ring (bicyclic) bond motifs is 5. The molecule has 0 bridgehead atoms. The molecule has 0 aliphatic heterocycles. The molecule has 0 aromatic rings. The van der Waals surface area contributed by atoms with Gasteiger partial charge in [-0.3, -0.25) is 14.7 Å². The van der Waals surface area contributed by atoms with Crippen molar-refractivity contribution >= 4 is 11.6 Å². The maximum absolute atomic E-state index is 13.5. The molecule has 0 aromatic heterocycles. The van der Waals surface area contributed by atoms with Gasteiger partial charge >= 0.3 is 6.30 Å². The molecule has 7 unspecified atom stereocenters. The van der Waals surface area contributed by atoms with Gasteiger partial charge in [-0.05, 0) is 99.8 Å². The number of alkyl halides is 3. The lowest BCUT2D eigenvalue weighted by atomic mass is 9.47. The molecular formula is C29H46F3N3O2. The Morgan fingerprint density at radius 2 is 1.92 bits per heavy atom. The lowest BCUT2D eigenvalue weighted by Crippen LogP contribution is -2.51. The molecule has 8 heteroatoms. The largest absolute Gasteiger partial charge is 0.487 e. The van der Waals surface area contributed by atoms with Crippen LogP contribution in [0.4, 0.5) is 13.2 Å². The first-order valence-corrected chi connectivity index (χ1v) is 14.4. The Bertz CT molecular complexity index is 903. The highest BCUT2D eigenvalue weighted by Crippen LogP contribution is 2.66. The number of hydrogen-bond donors (Lipinski definition) is 2. The fourth-order valence-corrected chi connectivity index (χ4v) is 8.60. The van der Waals surface area contributed by atoms with E-state index in [0.717, 1.165) is 63.5 Å². The number of halogens is 3. The van der Waals surface area contributed by atoms with Gasteiger partial charge in [0.05, 0.1) is 6.10 Å². The van der Waals surface area contributed by atoms with E-state index in [4.69, 9.17) is 0 Å². The monoisotopic (exact) mass is 525 g/mol. The highest BCUT2D eigenvalue weighted by molar-refractivity contribution is 5.88. The van der Waals surface area contributed by atoms with E-state index in [-0.39, 0.29) is 34.3 Å². The molecule has 4 aliphatic carbocycles. The van der Waals surface area contributed by atoms with E-state index in [0.29, 0.717) is 24.3 Å². The average molecular weight is 526 g/mol. The number of nitrogens with zero attached hydrogens (tertiary/aromatic N) is 2. The summed E-state index contributed by atoms with van der Waals surface area (Å²) in [6.45, 7) is 8.53. The van der Waals surface area contributed by atoms with Crippen LogP contribution in [0.2, 0.25) is 0 Å². The second-order valence-corrected chi connectivity index (χ2v) is 12.6. The summed E-state index contributed by atoms with van der Waals surface area (Å²) < 4.78 is 40.6. The third-order valence-corrected chi connectivity index (χ3v) is 10.6. The van der Waals surface area contributed by atoms with Crippen molar-refractivity contribution in [3.8, 4) is 0 Å². The van der Waals surface area contributed by atoms with Crippen LogP contribution >= 0.6 is 0 Å². The van der Waals surface area contributed by atoms with Gasteiger partial charge in [0.2, 0.25) is 0 Å². The van der Waals surface area contributed by atoms with Crippen LogP contribution in [0.3, 0.4) is 0 Å². The molecule has 7 atom stereocenters. The minimum absolute atomic E-state index is 0.00453. The molecule has 1 amide bonds. The summed E-state index contributed by atoms with van der Waals surface area (Å²) in [4.78, 5) is 17.0. The third kappa shape index (κ3) is 5.52. The van der Waals surface area contributed by atoms with Crippen molar-refractivity contribution in [3.05, 3.63) is 11.6 Å². The molecule has 3 saturated carbocycles. The number of amides is 1. The Kier molecular flexibility index (Phi) is 8.49. The first-order valence-electron chi connectivity index (χ1n) is 14.4. The average Bonchev–Trinajstić information content (AvgIpc) is 3.19. The topological polar surface area (TPSA) is 64.9 Å². The number of carbonyl (C=O) groups excluding carboxylic acids is 1. The number of aliphatic hydroxyl groups excluding tert-OH is 1. The van der Waals surface area contributed by atoms with Gasteiger partial charge in [0, 0.05) is 24.7 Å². The van der Waals surface area contributed by atoms with Crippen molar-refractivity contribution in [2.24, 2.45) is 39.5 Å². The minimum atomic E-state index is -4.70. The second-order valence-electron chi connectivity index (χ2n) is 12.6. The van der Waals surface area contributed by atoms with E-state index < -0.39 is 25.3 Å². The normalized spacial score (nSPS) is 37.9. The van der Waals surface area contributed by atoms with Crippen molar-refractivity contribution in [3.63, 3.8) is 0 Å². The van der Waals surface area contributed by atoms with Crippen molar-refractivity contribution in [1.82, 2.24) is 10.2 Å². The standard InChI is InChI=1S/C29H46F3N3O2/c1-5-14-33-15-16-35(29(30,31)32)26(37)18-34-19(2)23-8-9-24-22-7-6-20-17-21(36)10-12-27(20,3)25(22)11-13-28(23,24)4/h6,21-25,33,36H,5,7-18H2,1-4H3. The molecular weight excluding hydrogens is 479 g/mol. The third-order valence-electron chi connectivity index (χ3n) is 10.6. The van der Waals surface area contributed by atoms with Gasteiger partial charge < -0.3 is 10.4 Å². The lowest BCUT2D eigenvalue weighted by molar-refractivity contribution is -0.239. The minimum Gasteiger partial charge on any atom is -0.393 e. The second kappa shape index (κ2) is 11.0. The van der Waals surface area contributed by atoms with Crippen LogP contribution in [0.5, 0.6) is 0 Å². The van der Waals surface area contributed by atoms with Crippen LogP contribution in [-0.4, -0.2) is 60.2 Å². The molecule has 2 N–H and O–H groups in total. The molecule has 4 aliphatic rings. The number of aliphatic hydroxyl groups is 1. The van der Waals surface area contributed by atoms with Gasteiger partial charge in [-0.2, -0.15) is 0 Å². The van der Waals surface area contributed by atoms with Crippen molar-refractivity contribution in [2.45, 2.75) is 97.9 Å². The van der Waals surface area contributed by atoms with Crippen molar-refractivity contribution in [2.75, 3.05) is 26.2 Å². The highest BCUT2D eigenvalue weighted by Gasteiger charge is 2.59. The first kappa shape index (κ1) is 28.6. The zero-order chi connectivity index (χ0) is 27.0. The molecule has 0 spiro atoms. The van der Waals surface area contributed by atoms with Gasteiger partial charge in [-0.1, -0.05) is 32.4 Å². The molecule has 0 radical (unpaired) electrons. The molecule has 37 heavy (non-hydrogen) atoms. The zero-order valence-corrected chi connectivity index (χ0v) is 23.0. The Balaban J connectivity index is 1.44. The van der Waals surface area contributed by atoms with Crippen LogP contribution in [0.15, 0.2) is 16.6 Å². The predicted octanol–water partition coefficient (Wildman–Crippen LogP) is 5.74. The van der Waals surface area contributed by atoms with E-state index in [9.17, 15) is 23.1 Å². The van der Waals surface area contributed by atoms with Crippen molar-refractivity contribution in [1.29, 1.82) is 0 Å². The summed E-state index contributed by atoms with van der Waals surface area (Å²) in [6.07, 6.45) is 6.50. The predicted molar refractivity (Wildman–Crippen MR) is 140 cm³/mol. The molecule has 4 rings (SSSR count). The molecule has 5 nitrogen and oxygen atoms in total. The highest BCUT2D eigenvalue weighted by atomic mass is 19.4. The Hall–Kier alpha value is -1.41. The maximum atomic E-state index is 13.5. The van der Waals surface area contributed by atoms with Crippen LogP contribution in [0.1, 0.15) is 85.5 Å². The van der Waals surface area contributed by atoms with Crippen LogP contribution in [0.25, 0.3) is 0 Å². The first-order chi connectivity index (χ1) is 17.4. The van der Waals surface area contributed by atoms with Crippen LogP contribution in [0, 0.1) is 34.5 Å². The molecule has 210 valence electrons. The van der Waals surface area contributed by atoms with Gasteiger partial charge in [0.1, 0.15) is 6.54 Å². The van der Waals surface area contributed by atoms with Crippen LogP contribution < -0.4 is 5.32 Å². The Morgan fingerprint density at radius 3 is 2.62 bits per heavy atom. The SMILES string of the molecule is CCCNCCN(C(=O)CN=C(C)C1CCC2C3CC=C4CC(O)CCC4(C)C3CCC12C)C(F)(F)F. The lowest BCUT2D eigenvalue weighted by Gasteiger charge is -2.58. The zero-order valence-electron chi connectivity index (χ0n) is 23.0. The summed E-state index contributed by atoms with van der Waals surface area (Å²) >= 11 is 0. The van der Waals surface area contributed by atoms with E-state index >= 15 is 0 Å². The number of rotatable bonds is 8. The maximum Gasteiger partial charge on any atom is 0.487 e. The van der Waals surface area contributed by atoms with Crippen LogP contribution in [-0.2, 0) is 4.79 Å².